The van der Waals surface area contributed by atoms with Crippen LogP contribution in [0.3, 0.4) is 0 Å². The summed E-state index contributed by atoms with van der Waals surface area (Å²) in [6.07, 6.45) is 3.69. The molecule has 0 radical (unpaired) electrons. The number of aromatic nitrogens is 2. The van der Waals surface area contributed by atoms with Gasteiger partial charge in [0.2, 0.25) is 23.6 Å². The molecule has 3 aliphatic rings. The van der Waals surface area contributed by atoms with Crippen molar-refractivity contribution in [2.24, 2.45) is 11.3 Å². The van der Waals surface area contributed by atoms with Gasteiger partial charge in [-0.3, -0.25) is 9.59 Å². The molecule has 0 saturated carbocycles. The lowest BCUT2D eigenvalue weighted by molar-refractivity contribution is -0.141. The van der Waals surface area contributed by atoms with E-state index in [4.69, 9.17) is 9.15 Å². The van der Waals surface area contributed by atoms with Crippen LogP contribution in [0.25, 0.3) is 0 Å². The minimum absolute atomic E-state index is 0.00115. The molecule has 3 aliphatic heterocycles. The number of carbonyl (C=O) groups excluding carboxylic acids is 2. The Morgan fingerprint density at radius 2 is 1.79 bits per heavy atom. The van der Waals surface area contributed by atoms with Gasteiger partial charge in [0.05, 0.1) is 12.3 Å². The van der Waals surface area contributed by atoms with Crippen molar-refractivity contribution in [2.75, 3.05) is 39.4 Å². The first-order valence-electron chi connectivity index (χ1n) is 12.0. The van der Waals surface area contributed by atoms with Crippen molar-refractivity contribution in [1.29, 1.82) is 0 Å². The van der Waals surface area contributed by atoms with Crippen molar-refractivity contribution >= 4 is 11.8 Å². The predicted molar refractivity (Wildman–Crippen MR) is 120 cm³/mol. The van der Waals surface area contributed by atoms with Crippen LogP contribution in [0.2, 0.25) is 0 Å². The molecule has 33 heavy (non-hydrogen) atoms. The number of nitrogens with zero attached hydrogens (tertiary/aromatic N) is 4. The Labute approximate surface area is 194 Å². The number of ether oxygens (including phenoxy) is 1. The molecule has 2 aromatic rings. The Morgan fingerprint density at radius 3 is 2.45 bits per heavy atom. The smallest absolute Gasteiger partial charge is 0.227 e. The number of benzene rings is 1. The molecule has 3 fully saturated rings. The highest BCUT2D eigenvalue weighted by atomic mass is 16.5. The quantitative estimate of drug-likeness (QED) is 0.709. The van der Waals surface area contributed by atoms with E-state index in [0.29, 0.717) is 57.6 Å². The van der Waals surface area contributed by atoms with Crippen LogP contribution in [-0.2, 0) is 20.7 Å². The molecule has 0 aliphatic carbocycles. The lowest BCUT2D eigenvalue weighted by atomic mass is 9.70. The molecular weight excluding hydrogens is 420 g/mol. The second-order valence-electron chi connectivity index (χ2n) is 9.72. The van der Waals surface area contributed by atoms with Crippen LogP contribution in [0.5, 0.6) is 0 Å². The molecule has 1 aromatic carbocycles. The highest BCUT2D eigenvalue weighted by Gasteiger charge is 2.52. The standard InChI is InChI=1S/C25H32N4O4/c1-18-26-27-23(33-18)21-16-29(22(30)15-19-5-3-2-4-6-19)17-25(21)9-11-28(12-10-25)24(31)20-7-13-32-14-8-20/h2-6,20-21H,7-17H2,1H3. The summed E-state index contributed by atoms with van der Waals surface area (Å²) in [6, 6.07) is 9.86. The molecule has 8 nitrogen and oxygen atoms in total. The third-order valence-electron chi connectivity index (χ3n) is 7.68. The van der Waals surface area contributed by atoms with Gasteiger partial charge in [-0.05, 0) is 31.2 Å². The van der Waals surface area contributed by atoms with Crippen LogP contribution in [0, 0.1) is 18.3 Å². The summed E-state index contributed by atoms with van der Waals surface area (Å²) in [6.45, 7) is 5.81. The number of likely N-dealkylation sites (tertiary alicyclic amines) is 2. The predicted octanol–water partition coefficient (Wildman–Crippen LogP) is 2.58. The Hall–Kier alpha value is -2.74. The first kappa shape index (κ1) is 22.1. The zero-order valence-electron chi connectivity index (χ0n) is 19.2. The average molecular weight is 453 g/mol. The van der Waals surface area contributed by atoms with Gasteiger partial charge >= 0.3 is 0 Å². The molecule has 176 valence electrons. The minimum Gasteiger partial charge on any atom is -0.425 e. The van der Waals surface area contributed by atoms with Crippen LogP contribution < -0.4 is 0 Å². The Balaban J connectivity index is 1.31. The summed E-state index contributed by atoms with van der Waals surface area (Å²) < 4.78 is 11.3. The third kappa shape index (κ3) is 4.53. The zero-order chi connectivity index (χ0) is 22.8. The molecule has 1 atom stereocenters. The Morgan fingerprint density at radius 1 is 1.06 bits per heavy atom. The fourth-order valence-electron chi connectivity index (χ4n) is 5.72. The topological polar surface area (TPSA) is 88.8 Å². The maximum Gasteiger partial charge on any atom is 0.227 e. The highest BCUT2D eigenvalue weighted by Crippen LogP contribution is 2.49. The Bertz CT molecular complexity index is 977. The van der Waals surface area contributed by atoms with Crippen molar-refractivity contribution in [3.05, 3.63) is 47.7 Å². The van der Waals surface area contributed by atoms with Gasteiger partial charge in [-0.1, -0.05) is 30.3 Å². The summed E-state index contributed by atoms with van der Waals surface area (Å²) in [5.74, 6) is 1.62. The molecule has 4 heterocycles. The second-order valence-corrected chi connectivity index (χ2v) is 9.72. The van der Waals surface area contributed by atoms with Crippen molar-refractivity contribution in [2.45, 2.75) is 44.9 Å². The van der Waals surface area contributed by atoms with Gasteiger partial charge in [0, 0.05) is 57.6 Å². The van der Waals surface area contributed by atoms with Gasteiger partial charge in [0.1, 0.15) is 0 Å². The maximum atomic E-state index is 13.2. The molecule has 1 aromatic heterocycles. The first-order valence-corrected chi connectivity index (χ1v) is 12.0. The van der Waals surface area contributed by atoms with E-state index >= 15 is 0 Å². The molecule has 0 N–H and O–H groups in total. The van der Waals surface area contributed by atoms with Crippen molar-refractivity contribution in [1.82, 2.24) is 20.0 Å². The van der Waals surface area contributed by atoms with E-state index in [-0.39, 0.29) is 29.1 Å². The fourth-order valence-corrected chi connectivity index (χ4v) is 5.72. The molecule has 1 unspecified atom stereocenters. The largest absolute Gasteiger partial charge is 0.425 e. The molecule has 8 heteroatoms. The van der Waals surface area contributed by atoms with E-state index in [9.17, 15) is 9.59 Å². The summed E-state index contributed by atoms with van der Waals surface area (Å²) in [4.78, 5) is 30.2. The van der Waals surface area contributed by atoms with Crippen LogP contribution in [0.15, 0.2) is 34.7 Å². The van der Waals surface area contributed by atoms with Gasteiger partial charge in [-0.25, -0.2) is 0 Å². The summed E-state index contributed by atoms with van der Waals surface area (Å²) in [5.41, 5.74) is 0.878. The number of carbonyl (C=O) groups is 2. The fraction of sp³-hybridized carbons (Fsp3) is 0.600. The highest BCUT2D eigenvalue weighted by molar-refractivity contribution is 5.80. The van der Waals surface area contributed by atoms with Crippen molar-refractivity contribution in [3.63, 3.8) is 0 Å². The van der Waals surface area contributed by atoms with E-state index in [0.717, 1.165) is 31.2 Å². The van der Waals surface area contributed by atoms with Crippen LogP contribution >= 0.6 is 0 Å². The monoisotopic (exact) mass is 452 g/mol. The average Bonchev–Trinajstić information content (AvgIpc) is 3.44. The zero-order valence-corrected chi connectivity index (χ0v) is 19.2. The van der Waals surface area contributed by atoms with E-state index in [1.54, 1.807) is 6.92 Å². The third-order valence-corrected chi connectivity index (χ3v) is 7.68. The summed E-state index contributed by atoms with van der Waals surface area (Å²) >= 11 is 0. The molecule has 3 saturated heterocycles. The van der Waals surface area contributed by atoms with Crippen molar-refractivity contribution in [3.8, 4) is 0 Å². The summed E-state index contributed by atoms with van der Waals surface area (Å²) in [7, 11) is 0. The lowest BCUT2D eigenvalue weighted by Crippen LogP contribution is -2.48. The number of amides is 2. The number of piperidine rings is 1. The second kappa shape index (κ2) is 9.25. The van der Waals surface area contributed by atoms with Crippen LogP contribution in [-0.4, -0.2) is 71.2 Å². The Kier molecular flexibility index (Phi) is 6.19. The molecule has 1 spiro atoms. The van der Waals surface area contributed by atoms with E-state index < -0.39 is 0 Å². The molecular formula is C25H32N4O4. The SMILES string of the molecule is Cc1nnc(C2CN(C(=O)Cc3ccccc3)CC23CCN(C(=O)C2CCOCC2)CC3)o1. The van der Waals surface area contributed by atoms with E-state index in [2.05, 4.69) is 10.2 Å². The van der Waals surface area contributed by atoms with Crippen molar-refractivity contribution < 1.29 is 18.7 Å². The van der Waals surface area contributed by atoms with Gasteiger partial charge in [0.25, 0.3) is 0 Å². The van der Waals surface area contributed by atoms with Crippen LogP contribution in [0.1, 0.15) is 48.9 Å². The molecule has 0 bridgehead atoms. The normalized spacial score (nSPS) is 23.2. The maximum absolute atomic E-state index is 13.2. The molecule has 2 amide bonds. The number of rotatable bonds is 4. The van der Waals surface area contributed by atoms with E-state index in [1.165, 1.54) is 0 Å². The number of hydrogen-bond donors (Lipinski definition) is 0. The molecule has 5 rings (SSSR count). The van der Waals surface area contributed by atoms with Crippen LogP contribution in [0.4, 0.5) is 0 Å². The van der Waals surface area contributed by atoms with Gasteiger partial charge in [-0.15, -0.1) is 10.2 Å². The summed E-state index contributed by atoms with van der Waals surface area (Å²) in [5, 5.41) is 8.39. The number of aryl methyl sites for hydroxylation is 1. The minimum atomic E-state index is -0.141. The van der Waals surface area contributed by atoms with Gasteiger partial charge in [0.15, 0.2) is 0 Å². The van der Waals surface area contributed by atoms with Gasteiger partial charge < -0.3 is 19.0 Å². The number of hydrogen-bond acceptors (Lipinski definition) is 6. The lowest BCUT2D eigenvalue weighted by Gasteiger charge is -2.42. The first-order chi connectivity index (χ1) is 16.0. The van der Waals surface area contributed by atoms with Gasteiger partial charge in [-0.2, -0.15) is 0 Å². The van der Waals surface area contributed by atoms with E-state index in [1.807, 2.05) is 40.1 Å².